The summed E-state index contributed by atoms with van der Waals surface area (Å²) in [5.41, 5.74) is 0. The Morgan fingerprint density at radius 2 is 0.742 bits per heavy atom. The van der Waals surface area contributed by atoms with Crippen molar-refractivity contribution < 1.29 is 28.6 Å². The third kappa shape index (κ3) is 46.9. The summed E-state index contributed by atoms with van der Waals surface area (Å²) in [5, 5.41) is 0. The topological polar surface area (TPSA) is 78.9 Å². The molecule has 0 rings (SSSR count). The maximum atomic E-state index is 12.8. The molecule has 0 aromatic carbocycles. The predicted molar refractivity (Wildman–Crippen MR) is 265 cm³/mol. The molecule has 0 bridgehead atoms. The summed E-state index contributed by atoms with van der Waals surface area (Å²) < 4.78 is 16.7. The standard InChI is InChI=1S/C56H88O6/c1-4-7-10-13-16-19-22-25-27-28-29-32-34-37-40-43-46-49-55(58)61-52-53(51-60-54(57)48-45-42-39-36-33-30-24-21-18-15-12-9-6-3)62-56(59)50-47-44-41-38-35-31-26-23-20-17-14-11-8-5-2/h7-8,10-11,13,16-17,19-20,22,25,27-30,32-34,39,42,53H,4-6,9,12,14-15,18,21,23-24,26,31,35-38,40-41,43-52H2,1-3H3/b10-7+,11-8+,16-13+,20-17+,22-19+,27-25+,29-28+,33-30+,34-32+,42-39+. The molecule has 0 saturated carbocycles. The van der Waals surface area contributed by atoms with Gasteiger partial charge in [0.15, 0.2) is 6.10 Å². The van der Waals surface area contributed by atoms with Gasteiger partial charge in [-0.25, -0.2) is 0 Å². The van der Waals surface area contributed by atoms with Gasteiger partial charge in [0.2, 0.25) is 0 Å². The minimum absolute atomic E-state index is 0.125. The first-order valence-electron chi connectivity index (χ1n) is 24.6. The minimum atomic E-state index is -0.826. The van der Waals surface area contributed by atoms with Crippen molar-refractivity contribution >= 4 is 17.9 Å². The van der Waals surface area contributed by atoms with Crippen LogP contribution in [-0.2, 0) is 28.6 Å². The van der Waals surface area contributed by atoms with Crippen LogP contribution in [0, 0.1) is 0 Å². The Hall–Kier alpha value is -4.19. The lowest BCUT2D eigenvalue weighted by atomic mass is 10.1. The van der Waals surface area contributed by atoms with E-state index in [0.29, 0.717) is 19.3 Å². The first kappa shape index (κ1) is 57.8. The van der Waals surface area contributed by atoms with E-state index in [1.807, 2.05) is 66.8 Å². The van der Waals surface area contributed by atoms with Gasteiger partial charge in [0.05, 0.1) is 0 Å². The van der Waals surface area contributed by atoms with E-state index < -0.39 is 6.10 Å². The smallest absolute Gasteiger partial charge is 0.306 e. The number of allylic oxidation sites excluding steroid dienone is 20. The second-order valence-corrected chi connectivity index (χ2v) is 15.8. The Morgan fingerprint density at radius 1 is 0.355 bits per heavy atom. The second kappa shape index (κ2) is 49.5. The molecule has 0 aromatic rings. The predicted octanol–water partition coefficient (Wildman–Crippen LogP) is 16.1. The number of hydrogen-bond acceptors (Lipinski definition) is 6. The lowest BCUT2D eigenvalue weighted by Gasteiger charge is -2.18. The summed E-state index contributed by atoms with van der Waals surface area (Å²) in [6.45, 7) is 6.25. The zero-order valence-corrected chi connectivity index (χ0v) is 39.6. The van der Waals surface area contributed by atoms with Crippen molar-refractivity contribution in [3.05, 3.63) is 122 Å². The summed E-state index contributed by atoms with van der Waals surface area (Å²) in [7, 11) is 0. The Labute approximate surface area is 380 Å². The molecule has 0 aliphatic heterocycles. The molecule has 0 saturated heterocycles. The third-order valence-corrected chi connectivity index (χ3v) is 9.86. The van der Waals surface area contributed by atoms with Gasteiger partial charge < -0.3 is 14.2 Å². The number of unbranched alkanes of at least 4 members (excludes halogenated alkanes) is 16. The molecular weight excluding hydrogens is 769 g/mol. The average molecular weight is 857 g/mol. The van der Waals surface area contributed by atoms with Crippen LogP contribution >= 0.6 is 0 Å². The maximum Gasteiger partial charge on any atom is 0.306 e. The van der Waals surface area contributed by atoms with Gasteiger partial charge in [0.25, 0.3) is 0 Å². The monoisotopic (exact) mass is 857 g/mol. The van der Waals surface area contributed by atoms with Crippen LogP contribution in [-0.4, -0.2) is 37.2 Å². The molecule has 0 aromatic heterocycles. The van der Waals surface area contributed by atoms with Gasteiger partial charge in [-0.15, -0.1) is 0 Å². The fraction of sp³-hybridized carbons (Fsp3) is 0.589. The quantitative estimate of drug-likeness (QED) is 0.0200. The number of hydrogen-bond donors (Lipinski definition) is 0. The highest BCUT2D eigenvalue weighted by Gasteiger charge is 2.19. The Kier molecular flexibility index (Phi) is 46.1. The zero-order valence-electron chi connectivity index (χ0n) is 39.6. The summed E-state index contributed by atoms with van der Waals surface area (Å²) in [4.78, 5) is 37.9. The van der Waals surface area contributed by atoms with Crippen LogP contribution in [0.15, 0.2) is 122 Å². The molecule has 0 heterocycles. The van der Waals surface area contributed by atoms with Crippen molar-refractivity contribution in [2.75, 3.05) is 13.2 Å². The number of carbonyl (C=O) groups excluding carboxylic acids is 3. The minimum Gasteiger partial charge on any atom is -0.462 e. The van der Waals surface area contributed by atoms with Gasteiger partial charge >= 0.3 is 17.9 Å². The molecule has 6 nitrogen and oxygen atoms in total. The molecule has 0 N–H and O–H groups in total. The molecule has 62 heavy (non-hydrogen) atoms. The fourth-order valence-corrected chi connectivity index (χ4v) is 6.21. The van der Waals surface area contributed by atoms with Gasteiger partial charge in [-0.05, 0) is 83.5 Å². The lowest BCUT2D eigenvalue weighted by molar-refractivity contribution is -0.166. The van der Waals surface area contributed by atoms with E-state index in [-0.39, 0.29) is 37.5 Å². The number of rotatable bonds is 42. The molecular formula is C56H88O6. The molecule has 348 valence electrons. The van der Waals surface area contributed by atoms with Crippen molar-refractivity contribution in [3.8, 4) is 0 Å². The van der Waals surface area contributed by atoms with E-state index in [4.69, 9.17) is 14.2 Å². The largest absolute Gasteiger partial charge is 0.462 e. The lowest BCUT2D eigenvalue weighted by Crippen LogP contribution is -2.30. The molecule has 0 radical (unpaired) electrons. The summed E-state index contributed by atoms with van der Waals surface area (Å²) in [6.07, 6.45) is 67.6. The van der Waals surface area contributed by atoms with Gasteiger partial charge in [-0.1, -0.05) is 213 Å². The SMILES string of the molecule is CC/C=C/C=C/C=C/C=C/C=C/C=C/CCCCCC(=O)OCC(COC(=O)CC/C=C/C/C=C/CCCCCCCC)OC(=O)CCCCCCCCC/C=C/C/C=C/CC. The van der Waals surface area contributed by atoms with Crippen molar-refractivity contribution in [2.24, 2.45) is 0 Å². The fourth-order valence-electron chi connectivity index (χ4n) is 6.21. The van der Waals surface area contributed by atoms with Crippen LogP contribution in [0.4, 0.5) is 0 Å². The molecule has 6 heteroatoms. The first-order chi connectivity index (χ1) is 30.5. The van der Waals surface area contributed by atoms with E-state index in [1.165, 1.54) is 57.8 Å². The normalized spacial score (nSPS) is 13.1. The van der Waals surface area contributed by atoms with Crippen LogP contribution in [0.3, 0.4) is 0 Å². The summed E-state index contributed by atoms with van der Waals surface area (Å²) >= 11 is 0. The number of ether oxygens (including phenoxy) is 3. The second-order valence-electron chi connectivity index (χ2n) is 15.8. The van der Waals surface area contributed by atoms with E-state index in [2.05, 4.69) is 75.5 Å². The Balaban J connectivity index is 4.58. The van der Waals surface area contributed by atoms with E-state index in [9.17, 15) is 14.4 Å². The van der Waals surface area contributed by atoms with E-state index >= 15 is 0 Å². The molecule has 1 atom stereocenters. The molecule has 0 spiro atoms. The zero-order chi connectivity index (χ0) is 45.1. The highest BCUT2D eigenvalue weighted by molar-refractivity contribution is 5.71. The summed E-state index contributed by atoms with van der Waals surface area (Å²) in [6, 6.07) is 0. The Morgan fingerprint density at radius 3 is 1.27 bits per heavy atom. The van der Waals surface area contributed by atoms with Crippen molar-refractivity contribution in [1.29, 1.82) is 0 Å². The van der Waals surface area contributed by atoms with Crippen molar-refractivity contribution in [2.45, 2.75) is 200 Å². The van der Waals surface area contributed by atoms with Crippen LogP contribution < -0.4 is 0 Å². The van der Waals surface area contributed by atoms with E-state index in [0.717, 1.165) is 89.9 Å². The van der Waals surface area contributed by atoms with Gasteiger partial charge in [-0.2, -0.15) is 0 Å². The van der Waals surface area contributed by atoms with Gasteiger partial charge in [-0.3, -0.25) is 14.4 Å². The maximum absolute atomic E-state index is 12.8. The van der Waals surface area contributed by atoms with E-state index in [1.54, 1.807) is 0 Å². The van der Waals surface area contributed by atoms with Gasteiger partial charge in [0.1, 0.15) is 13.2 Å². The average Bonchev–Trinajstić information content (AvgIpc) is 3.27. The number of esters is 3. The summed E-state index contributed by atoms with van der Waals surface area (Å²) in [5.74, 6) is -1.05. The van der Waals surface area contributed by atoms with Gasteiger partial charge in [0, 0.05) is 19.3 Å². The number of carbonyl (C=O) groups is 3. The van der Waals surface area contributed by atoms with Crippen molar-refractivity contribution in [3.63, 3.8) is 0 Å². The van der Waals surface area contributed by atoms with Crippen LogP contribution in [0.2, 0.25) is 0 Å². The highest BCUT2D eigenvalue weighted by atomic mass is 16.6. The van der Waals surface area contributed by atoms with Crippen molar-refractivity contribution in [1.82, 2.24) is 0 Å². The third-order valence-electron chi connectivity index (χ3n) is 9.86. The molecule has 1 unspecified atom stereocenters. The van der Waals surface area contributed by atoms with Crippen LogP contribution in [0.25, 0.3) is 0 Å². The molecule has 0 aliphatic carbocycles. The Bertz CT molecular complexity index is 1350. The van der Waals surface area contributed by atoms with Crippen LogP contribution in [0.5, 0.6) is 0 Å². The molecule has 0 aliphatic rings. The highest BCUT2D eigenvalue weighted by Crippen LogP contribution is 2.13. The molecule has 0 amide bonds. The first-order valence-corrected chi connectivity index (χ1v) is 24.6. The molecule has 0 fully saturated rings. The van der Waals surface area contributed by atoms with Crippen LogP contribution in [0.1, 0.15) is 194 Å².